The Balaban J connectivity index is 1.71. The van der Waals surface area contributed by atoms with Crippen LogP contribution in [0.25, 0.3) is 0 Å². The molecule has 0 unspecified atom stereocenters. The van der Waals surface area contributed by atoms with Gasteiger partial charge in [0.2, 0.25) is 0 Å². The van der Waals surface area contributed by atoms with Crippen LogP contribution in [0.4, 0.5) is 4.39 Å². The van der Waals surface area contributed by atoms with Gasteiger partial charge in [-0.15, -0.1) is 11.8 Å². The maximum atomic E-state index is 13.2. The number of hydrogen-bond acceptors (Lipinski definition) is 2. The second-order valence-corrected chi connectivity index (χ2v) is 7.54. The lowest BCUT2D eigenvalue weighted by atomic mass is 9.56. The van der Waals surface area contributed by atoms with Gasteiger partial charge in [-0.1, -0.05) is 25.3 Å². The van der Waals surface area contributed by atoms with Gasteiger partial charge >= 0.3 is 0 Å². The van der Waals surface area contributed by atoms with E-state index in [1.165, 1.54) is 44.2 Å². The fourth-order valence-electron chi connectivity index (χ4n) is 3.75. The zero-order chi connectivity index (χ0) is 13.3. The summed E-state index contributed by atoms with van der Waals surface area (Å²) in [6.45, 7) is 0. The number of hydrogen-bond donors (Lipinski definition) is 0. The van der Waals surface area contributed by atoms with E-state index >= 15 is 0 Å². The van der Waals surface area contributed by atoms with Crippen LogP contribution in [0.3, 0.4) is 0 Å². The van der Waals surface area contributed by atoms with Crippen LogP contribution in [0, 0.1) is 22.6 Å². The molecule has 0 atom stereocenters. The fraction of sp³-hybridized carbons (Fsp3) is 0.562. The highest BCUT2D eigenvalue weighted by Crippen LogP contribution is 2.62. The van der Waals surface area contributed by atoms with Gasteiger partial charge in [-0.3, -0.25) is 0 Å². The summed E-state index contributed by atoms with van der Waals surface area (Å²) in [7, 11) is 0. The van der Waals surface area contributed by atoms with Crippen molar-refractivity contribution in [1.82, 2.24) is 0 Å². The van der Waals surface area contributed by atoms with Gasteiger partial charge in [-0.05, 0) is 49.3 Å². The molecule has 1 aromatic carbocycles. The van der Waals surface area contributed by atoms with Crippen LogP contribution in [0.5, 0.6) is 0 Å². The molecule has 100 valence electrons. The molecule has 0 aromatic heterocycles. The highest BCUT2D eigenvalue weighted by Gasteiger charge is 2.55. The van der Waals surface area contributed by atoms with Crippen molar-refractivity contribution in [2.75, 3.05) is 0 Å². The van der Waals surface area contributed by atoms with Crippen molar-refractivity contribution in [1.29, 1.82) is 5.26 Å². The molecule has 0 radical (unpaired) electrons. The maximum Gasteiger partial charge on any atom is 0.124 e. The van der Waals surface area contributed by atoms with Gasteiger partial charge in [0.25, 0.3) is 0 Å². The molecule has 1 aromatic rings. The lowest BCUT2D eigenvalue weighted by Gasteiger charge is -2.54. The molecule has 0 bridgehead atoms. The van der Waals surface area contributed by atoms with E-state index < -0.39 is 0 Å². The average Bonchev–Trinajstić information content (AvgIpc) is 2.38. The van der Waals surface area contributed by atoms with Crippen LogP contribution in [-0.2, 0) is 0 Å². The fourth-order valence-corrected chi connectivity index (χ4v) is 5.32. The molecule has 2 fully saturated rings. The second-order valence-electron chi connectivity index (χ2n) is 6.08. The first kappa shape index (κ1) is 13.0. The molecule has 1 nitrogen and oxygen atoms in total. The number of nitriles is 1. The van der Waals surface area contributed by atoms with Crippen LogP contribution in [-0.4, -0.2) is 4.75 Å². The Morgan fingerprint density at radius 2 is 1.89 bits per heavy atom. The summed E-state index contributed by atoms with van der Waals surface area (Å²) in [4.78, 5) is 0.882. The van der Waals surface area contributed by atoms with Crippen LogP contribution < -0.4 is 0 Å². The number of thioether (sulfide) groups is 1. The number of rotatable bonds is 2. The lowest BCUT2D eigenvalue weighted by Crippen LogP contribution is -2.49. The highest BCUT2D eigenvalue weighted by molar-refractivity contribution is 8.01. The standard InChI is InChI=1S/C16H18FNS/c17-13-5-4-6-14(9-13)19-16(12-18)10-15(11-16)7-2-1-3-8-15/h4-6,9H,1-3,7-8,10-11H2. The Labute approximate surface area is 118 Å². The maximum absolute atomic E-state index is 13.2. The summed E-state index contributed by atoms with van der Waals surface area (Å²) in [6, 6.07) is 9.10. The largest absolute Gasteiger partial charge is 0.207 e. The number of benzene rings is 1. The van der Waals surface area contributed by atoms with Gasteiger partial charge in [0.1, 0.15) is 10.6 Å². The van der Waals surface area contributed by atoms with E-state index in [1.54, 1.807) is 17.8 Å². The first-order valence-corrected chi connectivity index (χ1v) is 7.83. The summed E-state index contributed by atoms with van der Waals surface area (Å²) >= 11 is 1.56. The minimum Gasteiger partial charge on any atom is -0.207 e. The van der Waals surface area contributed by atoms with Gasteiger partial charge in [0, 0.05) is 4.90 Å². The van der Waals surface area contributed by atoms with Crippen LogP contribution in [0.15, 0.2) is 29.2 Å². The molecule has 3 rings (SSSR count). The molecule has 0 heterocycles. The first-order valence-electron chi connectivity index (χ1n) is 7.01. The Kier molecular flexibility index (Phi) is 3.30. The predicted molar refractivity (Wildman–Crippen MR) is 75.4 cm³/mol. The van der Waals surface area contributed by atoms with E-state index in [-0.39, 0.29) is 10.6 Å². The number of nitrogens with zero attached hydrogens (tertiary/aromatic N) is 1. The van der Waals surface area contributed by atoms with Crippen molar-refractivity contribution < 1.29 is 4.39 Å². The molecular formula is C16H18FNS. The molecule has 19 heavy (non-hydrogen) atoms. The Morgan fingerprint density at radius 3 is 2.53 bits per heavy atom. The van der Waals surface area contributed by atoms with Crippen LogP contribution in [0.2, 0.25) is 0 Å². The van der Waals surface area contributed by atoms with Gasteiger partial charge in [-0.25, -0.2) is 4.39 Å². The molecule has 3 heteroatoms. The van der Waals surface area contributed by atoms with Gasteiger partial charge in [0.05, 0.1) is 6.07 Å². The summed E-state index contributed by atoms with van der Waals surface area (Å²) in [5.41, 5.74) is 0.425. The summed E-state index contributed by atoms with van der Waals surface area (Å²) in [5.74, 6) is -0.218. The van der Waals surface area contributed by atoms with Gasteiger partial charge in [0.15, 0.2) is 0 Å². The van der Waals surface area contributed by atoms with Crippen molar-refractivity contribution >= 4 is 11.8 Å². The average molecular weight is 275 g/mol. The first-order chi connectivity index (χ1) is 9.15. The van der Waals surface area contributed by atoms with E-state index in [0.717, 1.165) is 17.7 Å². The van der Waals surface area contributed by atoms with E-state index in [0.29, 0.717) is 5.41 Å². The minimum absolute atomic E-state index is 0.218. The monoisotopic (exact) mass is 275 g/mol. The highest BCUT2D eigenvalue weighted by atomic mass is 32.2. The van der Waals surface area contributed by atoms with E-state index in [2.05, 4.69) is 6.07 Å². The molecule has 0 saturated heterocycles. The third-order valence-corrected chi connectivity index (χ3v) is 5.81. The third-order valence-electron chi connectivity index (χ3n) is 4.55. The van der Waals surface area contributed by atoms with Crippen molar-refractivity contribution in [2.24, 2.45) is 5.41 Å². The van der Waals surface area contributed by atoms with Crippen molar-refractivity contribution in [3.8, 4) is 6.07 Å². The third kappa shape index (κ3) is 2.51. The zero-order valence-corrected chi connectivity index (χ0v) is 11.8. The molecule has 2 aliphatic carbocycles. The molecule has 1 spiro atoms. The van der Waals surface area contributed by atoms with Crippen molar-refractivity contribution in [3.05, 3.63) is 30.1 Å². The summed E-state index contributed by atoms with van der Waals surface area (Å²) in [5, 5.41) is 9.52. The van der Waals surface area contributed by atoms with Crippen LogP contribution in [0.1, 0.15) is 44.9 Å². The molecule has 2 aliphatic rings. The van der Waals surface area contributed by atoms with Crippen molar-refractivity contribution in [3.63, 3.8) is 0 Å². The van der Waals surface area contributed by atoms with E-state index in [9.17, 15) is 9.65 Å². The minimum atomic E-state index is -0.314. The summed E-state index contributed by atoms with van der Waals surface area (Å²) in [6.07, 6.45) is 8.49. The second kappa shape index (κ2) is 4.83. The Hall–Kier alpha value is -1.01. The smallest absolute Gasteiger partial charge is 0.124 e. The zero-order valence-electron chi connectivity index (χ0n) is 11.0. The summed E-state index contributed by atoms with van der Waals surface area (Å²) < 4.78 is 12.9. The lowest BCUT2D eigenvalue weighted by molar-refractivity contribution is 0.0593. The van der Waals surface area contributed by atoms with E-state index in [4.69, 9.17) is 0 Å². The van der Waals surface area contributed by atoms with Crippen molar-refractivity contribution in [2.45, 2.75) is 54.6 Å². The molecule has 0 N–H and O–H groups in total. The molecule has 2 saturated carbocycles. The molecule has 0 amide bonds. The molecule has 0 aliphatic heterocycles. The SMILES string of the molecule is N#CC1(Sc2cccc(F)c2)CC2(CCCCC2)C1. The number of halogens is 1. The Bertz CT molecular complexity index is 506. The van der Waals surface area contributed by atoms with E-state index in [1.807, 2.05) is 6.07 Å². The quantitative estimate of drug-likeness (QED) is 0.764. The Morgan fingerprint density at radius 1 is 1.16 bits per heavy atom. The van der Waals surface area contributed by atoms with Crippen LogP contribution >= 0.6 is 11.8 Å². The topological polar surface area (TPSA) is 23.8 Å². The molecular weight excluding hydrogens is 257 g/mol. The van der Waals surface area contributed by atoms with Gasteiger partial charge in [-0.2, -0.15) is 5.26 Å². The predicted octanol–water partition coefficient (Wildman–Crippen LogP) is 4.92. The normalized spacial score (nSPS) is 23.6. The van der Waals surface area contributed by atoms with Gasteiger partial charge < -0.3 is 0 Å².